The maximum absolute atomic E-state index is 13.5. The molecule has 11 nitrogen and oxygen atoms in total. The second-order valence-electron chi connectivity index (χ2n) is 11.6. The van der Waals surface area contributed by atoms with Gasteiger partial charge in [0.15, 0.2) is 5.13 Å². The number of primary amides is 1. The van der Waals surface area contributed by atoms with Crippen molar-refractivity contribution in [1.29, 1.82) is 0 Å². The molecule has 230 valence electrons. The summed E-state index contributed by atoms with van der Waals surface area (Å²) in [5, 5.41) is 9.19. The summed E-state index contributed by atoms with van der Waals surface area (Å²) >= 11 is 1.36. The third-order valence-electron chi connectivity index (χ3n) is 7.12. The molecule has 1 aromatic heterocycles. The van der Waals surface area contributed by atoms with Crippen molar-refractivity contribution in [2.75, 3.05) is 25.5 Å². The quantitative estimate of drug-likeness (QED) is 0.181. The third kappa shape index (κ3) is 8.39. The Morgan fingerprint density at radius 1 is 1.02 bits per heavy atom. The van der Waals surface area contributed by atoms with E-state index in [9.17, 15) is 22.8 Å². The van der Waals surface area contributed by atoms with Crippen LogP contribution < -0.4 is 26.4 Å². The highest BCUT2D eigenvalue weighted by Crippen LogP contribution is 2.36. The van der Waals surface area contributed by atoms with E-state index in [0.29, 0.717) is 22.3 Å². The fourth-order valence-electron chi connectivity index (χ4n) is 4.42. The van der Waals surface area contributed by atoms with Gasteiger partial charge in [-0.05, 0) is 53.1 Å². The van der Waals surface area contributed by atoms with E-state index >= 15 is 0 Å². The molecule has 3 aromatic rings. The van der Waals surface area contributed by atoms with Crippen molar-refractivity contribution in [1.82, 2.24) is 20.3 Å². The van der Waals surface area contributed by atoms with E-state index in [4.69, 9.17) is 5.73 Å². The number of amides is 3. The first kappa shape index (κ1) is 32.1. The lowest BCUT2D eigenvalue weighted by Crippen LogP contribution is -2.48. The molecule has 4 rings (SSSR count). The average Bonchev–Trinajstić information content (AvgIpc) is 3.68. The Labute approximate surface area is 256 Å². The third-order valence-corrected chi connectivity index (χ3v) is 9.72. The number of carbonyl (C=O) groups is 3. The van der Waals surface area contributed by atoms with E-state index in [2.05, 4.69) is 46.4 Å². The van der Waals surface area contributed by atoms with Gasteiger partial charge in [-0.25, -0.2) is 18.1 Å². The molecule has 13 heteroatoms. The molecular weight excluding hydrogens is 589 g/mol. The van der Waals surface area contributed by atoms with Crippen LogP contribution in [0.3, 0.4) is 0 Å². The number of nitrogens with one attached hydrogen (secondary N) is 4. The highest BCUT2D eigenvalue weighted by atomic mass is 32.2. The number of nitrogens with two attached hydrogens (primary N) is 1. The number of thiazole rings is 1. The Hall–Kier alpha value is -3.81. The Balaban J connectivity index is 1.40. The minimum Gasteiger partial charge on any atom is -0.366 e. The number of benzene rings is 2. The molecule has 1 saturated carbocycles. The molecule has 2 aromatic carbocycles. The van der Waals surface area contributed by atoms with Crippen LogP contribution in [0.15, 0.2) is 53.4 Å². The fourth-order valence-corrected chi connectivity index (χ4v) is 6.37. The molecule has 6 N–H and O–H groups in total. The normalized spacial score (nSPS) is 14.1. The van der Waals surface area contributed by atoms with Crippen molar-refractivity contribution in [3.63, 3.8) is 0 Å². The zero-order valence-electron chi connectivity index (χ0n) is 24.7. The van der Waals surface area contributed by atoms with Crippen molar-refractivity contribution in [2.24, 2.45) is 11.7 Å². The minimum absolute atomic E-state index is 0.0105. The molecule has 1 aliphatic carbocycles. The van der Waals surface area contributed by atoms with Gasteiger partial charge in [0.1, 0.15) is 11.7 Å². The van der Waals surface area contributed by atoms with Crippen molar-refractivity contribution in [3.05, 3.63) is 65.4 Å². The monoisotopic (exact) mass is 626 g/mol. The van der Waals surface area contributed by atoms with Gasteiger partial charge in [-0.15, -0.1) is 0 Å². The van der Waals surface area contributed by atoms with Gasteiger partial charge in [-0.1, -0.05) is 69.2 Å². The first-order chi connectivity index (χ1) is 20.3. The highest BCUT2D eigenvalue weighted by molar-refractivity contribution is 7.89. The molecule has 0 aliphatic heterocycles. The summed E-state index contributed by atoms with van der Waals surface area (Å²) in [4.78, 5) is 43.0. The molecule has 0 saturated heterocycles. The van der Waals surface area contributed by atoms with Crippen molar-refractivity contribution in [3.8, 4) is 10.4 Å². The molecule has 3 amide bonds. The van der Waals surface area contributed by atoms with Gasteiger partial charge >= 0.3 is 0 Å². The molecule has 43 heavy (non-hydrogen) atoms. The van der Waals surface area contributed by atoms with E-state index in [1.165, 1.54) is 41.2 Å². The van der Waals surface area contributed by atoms with Crippen LogP contribution in [0.1, 0.15) is 66.4 Å². The molecule has 1 atom stereocenters. The van der Waals surface area contributed by atoms with Crippen molar-refractivity contribution in [2.45, 2.75) is 56.4 Å². The number of rotatable bonds is 13. The molecule has 0 bridgehead atoms. The second-order valence-corrected chi connectivity index (χ2v) is 14.3. The zero-order chi connectivity index (χ0) is 31.4. The topological polar surface area (TPSA) is 172 Å². The number of hydrogen-bond acceptors (Lipinski definition) is 8. The molecule has 0 unspecified atom stereocenters. The second kappa shape index (κ2) is 13.2. The van der Waals surface area contributed by atoms with E-state index in [1.807, 2.05) is 24.3 Å². The average molecular weight is 627 g/mol. The van der Waals surface area contributed by atoms with E-state index in [0.717, 1.165) is 18.4 Å². The number of sulfonamides is 1. The number of aromatic nitrogens is 1. The maximum atomic E-state index is 13.5. The summed E-state index contributed by atoms with van der Waals surface area (Å²) in [6.45, 7) is 6.36. The largest absolute Gasteiger partial charge is 0.366 e. The smallest absolute Gasteiger partial charge is 0.272 e. The Bertz CT molecular complexity index is 1570. The molecule has 1 heterocycles. The summed E-state index contributed by atoms with van der Waals surface area (Å²) in [5.74, 6) is -1.17. The van der Waals surface area contributed by atoms with Gasteiger partial charge in [0.25, 0.3) is 5.91 Å². The van der Waals surface area contributed by atoms with E-state index in [-0.39, 0.29) is 34.7 Å². The number of carbonyl (C=O) groups excluding carboxylic acids is 3. The van der Waals surface area contributed by atoms with Crippen LogP contribution in [0.5, 0.6) is 0 Å². The molecule has 1 aliphatic rings. The van der Waals surface area contributed by atoms with E-state index in [1.54, 1.807) is 7.05 Å². The summed E-state index contributed by atoms with van der Waals surface area (Å²) < 4.78 is 27.6. The van der Waals surface area contributed by atoms with Crippen LogP contribution >= 0.6 is 11.3 Å². The van der Waals surface area contributed by atoms with Crippen LogP contribution in [0.4, 0.5) is 5.13 Å². The minimum atomic E-state index is -3.86. The zero-order valence-corrected chi connectivity index (χ0v) is 26.3. The summed E-state index contributed by atoms with van der Waals surface area (Å²) in [6.07, 6.45) is 2.45. The first-order valence-corrected chi connectivity index (χ1v) is 16.4. The highest BCUT2D eigenvalue weighted by Gasteiger charge is 2.32. The lowest BCUT2D eigenvalue weighted by molar-refractivity contribution is -0.123. The van der Waals surface area contributed by atoms with Gasteiger partial charge in [-0.2, -0.15) is 0 Å². The lowest BCUT2D eigenvalue weighted by Gasteiger charge is -2.19. The molecule has 1 fully saturated rings. The Morgan fingerprint density at radius 3 is 2.23 bits per heavy atom. The Kier molecular flexibility index (Phi) is 9.88. The summed E-state index contributed by atoms with van der Waals surface area (Å²) in [5.41, 5.74) is 7.66. The lowest BCUT2D eigenvalue weighted by atomic mass is 9.86. The standard InChI is InChI=1S/C30H38N6O5S2/c1-30(2,3)21-11-7-19(8-12-21)25-24(36-29(32-4)42-25)28(39)35-23(17-18-5-6-18)27(38)33-15-16-34-43(40,41)22-13-9-20(10-14-22)26(31)37/h7-14,18,23,34H,5-6,15-17H2,1-4H3,(H2,31,37)(H,32,36)(H,33,38)(H,35,39)/t23-/m1/s1. The van der Waals surface area contributed by atoms with Gasteiger partial charge in [0.2, 0.25) is 21.8 Å². The van der Waals surface area contributed by atoms with Crippen LogP contribution in [0.2, 0.25) is 0 Å². The maximum Gasteiger partial charge on any atom is 0.272 e. The van der Waals surface area contributed by atoms with Crippen molar-refractivity contribution >= 4 is 44.2 Å². The number of hydrogen-bond donors (Lipinski definition) is 5. The van der Waals surface area contributed by atoms with Gasteiger partial charge in [0, 0.05) is 25.7 Å². The van der Waals surface area contributed by atoms with Crippen LogP contribution in [-0.4, -0.2) is 57.3 Å². The number of anilines is 1. The molecule has 0 spiro atoms. The molecular formula is C30H38N6O5S2. The van der Waals surface area contributed by atoms with Gasteiger partial charge in [0.05, 0.1) is 9.77 Å². The van der Waals surface area contributed by atoms with Crippen LogP contribution in [-0.2, 0) is 20.2 Å². The summed E-state index contributed by atoms with van der Waals surface area (Å²) in [6, 6.07) is 12.5. The predicted molar refractivity (Wildman–Crippen MR) is 168 cm³/mol. The number of nitrogens with zero attached hydrogens (tertiary/aromatic N) is 1. The van der Waals surface area contributed by atoms with Gasteiger partial charge in [-0.3, -0.25) is 14.4 Å². The van der Waals surface area contributed by atoms with Crippen LogP contribution in [0.25, 0.3) is 10.4 Å². The Morgan fingerprint density at radius 2 is 1.67 bits per heavy atom. The first-order valence-electron chi connectivity index (χ1n) is 14.1. The summed E-state index contributed by atoms with van der Waals surface area (Å²) in [7, 11) is -2.13. The van der Waals surface area contributed by atoms with E-state index < -0.39 is 33.8 Å². The van der Waals surface area contributed by atoms with Crippen molar-refractivity contribution < 1.29 is 22.8 Å². The molecule has 0 radical (unpaired) electrons. The SMILES string of the molecule is CNc1nc(C(=O)N[C@H](CC2CC2)C(=O)NCCNS(=O)(=O)c2ccc(C(N)=O)cc2)c(-c2ccc(C(C)(C)C)cc2)s1. The predicted octanol–water partition coefficient (Wildman–Crippen LogP) is 3.24. The van der Waals surface area contributed by atoms with Crippen LogP contribution in [0, 0.1) is 5.92 Å². The van der Waals surface area contributed by atoms with Gasteiger partial charge < -0.3 is 21.7 Å². The fraction of sp³-hybridized carbons (Fsp3) is 0.400.